The van der Waals surface area contributed by atoms with Gasteiger partial charge in [0.25, 0.3) is 0 Å². The summed E-state index contributed by atoms with van der Waals surface area (Å²) in [5.74, 6) is 0. The fourth-order valence-corrected chi connectivity index (χ4v) is 1.54. The maximum Gasteiger partial charge on any atom is 0.363 e. The molecule has 0 saturated heterocycles. The Labute approximate surface area is 77.8 Å². The molecule has 0 saturated carbocycles. The first-order valence-electron chi connectivity index (χ1n) is 4.18. The van der Waals surface area contributed by atoms with E-state index >= 15 is 0 Å². The number of hydrogen-bond donors (Lipinski definition) is 2. The summed E-state index contributed by atoms with van der Waals surface area (Å²) in [6.45, 7) is 0. The van der Waals surface area contributed by atoms with Gasteiger partial charge in [-0.25, -0.2) is 9.89 Å². The molecule has 0 fully saturated rings. The average molecular weight is 186 g/mol. The van der Waals surface area contributed by atoms with Crippen molar-refractivity contribution in [3.63, 3.8) is 0 Å². The normalized spacial score (nSPS) is 11.1. The summed E-state index contributed by atoms with van der Waals surface area (Å²) in [5, 5.41) is 7.22. The largest absolute Gasteiger partial charge is 0.363 e. The van der Waals surface area contributed by atoms with Crippen LogP contribution in [0, 0.1) is 0 Å². The molecule has 0 amide bonds. The highest BCUT2D eigenvalue weighted by Gasteiger charge is 2.05. The van der Waals surface area contributed by atoms with E-state index in [2.05, 4.69) is 20.2 Å². The maximum absolute atomic E-state index is 10.9. The molecule has 2 N–H and O–H groups in total. The van der Waals surface area contributed by atoms with Crippen LogP contribution in [0.2, 0.25) is 0 Å². The van der Waals surface area contributed by atoms with E-state index in [9.17, 15) is 4.79 Å². The molecule has 3 aromatic rings. The zero-order valence-electron chi connectivity index (χ0n) is 7.11. The lowest BCUT2D eigenvalue weighted by atomic mass is 10.2. The van der Waals surface area contributed by atoms with Crippen molar-refractivity contribution in [2.24, 2.45) is 0 Å². The van der Waals surface area contributed by atoms with Gasteiger partial charge < -0.3 is 4.98 Å². The number of nitrogens with one attached hydrogen (secondary N) is 2. The molecule has 5 nitrogen and oxygen atoms in total. The van der Waals surface area contributed by atoms with E-state index in [0.29, 0.717) is 11.2 Å². The Balaban J connectivity index is 2.63. The zero-order valence-corrected chi connectivity index (χ0v) is 7.11. The van der Waals surface area contributed by atoms with E-state index < -0.39 is 5.69 Å². The summed E-state index contributed by atoms with van der Waals surface area (Å²) < 4.78 is 0. The molecular formula is C9H6N4O. The van der Waals surface area contributed by atoms with Crippen LogP contribution < -0.4 is 5.69 Å². The Morgan fingerprint density at radius 3 is 3.00 bits per heavy atom. The van der Waals surface area contributed by atoms with E-state index in [0.717, 1.165) is 10.9 Å². The lowest BCUT2D eigenvalue weighted by Gasteiger charge is -1.86. The quantitative estimate of drug-likeness (QED) is 0.545. The van der Waals surface area contributed by atoms with Gasteiger partial charge >= 0.3 is 5.69 Å². The molecule has 14 heavy (non-hydrogen) atoms. The summed E-state index contributed by atoms with van der Waals surface area (Å²) in [4.78, 5) is 17.7. The highest BCUT2D eigenvalue weighted by molar-refractivity contribution is 6.02. The molecule has 5 heteroatoms. The first-order chi connectivity index (χ1) is 6.84. The molecular weight excluding hydrogens is 180 g/mol. The van der Waals surface area contributed by atoms with E-state index in [1.165, 1.54) is 0 Å². The zero-order chi connectivity index (χ0) is 9.54. The molecule has 1 aromatic carbocycles. The number of para-hydroxylation sites is 1. The van der Waals surface area contributed by atoms with Crippen molar-refractivity contribution in [1.29, 1.82) is 0 Å². The van der Waals surface area contributed by atoms with Crippen molar-refractivity contribution < 1.29 is 0 Å². The van der Waals surface area contributed by atoms with Gasteiger partial charge in [-0.1, -0.05) is 18.2 Å². The third kappa shape index (κ3) is 0.861. The molecule has 0 unspecified atom stereocenters. The third-order valence-electron chi connectivity index (χ3n) is 2.14. The van der Waals surface area contributed by atoms with Crippen LogP contribution in [0.4, 0.5) is 0 Å². The van der Waals surface area contributed by atoms with Gasteiger partial charge in [0.05, 0.1) is 0 Å². The highest BCUT2D eigenvalue weighted by atomic mass is 16.1. The Bertz CT molecular complexity index is 667. The predicted octanol–water partition coefficient (Wildman–Crippen LogP) is 0.799. The first kappa shape index (κ1) is 7.25. The Morgan fingerprint density at radius 1 is 1.21 bits per heavy atom. The van der Waals surface area contributed by atoms with Crippen LogP contribution in [-0.4, -0.2) is 20.2 Å². The van der Waals surface area contributed by atoms with Gasteiger partial charge in [-0.05, 0) is 6.07 Å². The second kappa shape index (κ2) is 2.41. The number of aromatic amines is 2. The van der Waals surface area contributed by atoms with Crippen molar-refractivity contribution in [1.82, 2.24) is 20.2 Å². The lowest BCUT2D eigenvalue weighted by Crippen LogP contribution is -2.10. The number of aromatic nitrogens is 4. The van der Waals surface area contributed by atoms with Gasteiger partial charge in [-0.3, -0.25) is 0 Å². The van der Waals surface area contributed by atoms with Crippen LogP contribution in [0.15, 0.2) is 29.1 Å². The van der Waals surface area contributed by atoms with Gasteiger partial charge in [-0.2, -0.15) is 10.1 Å². The van der Waals surface area contributed by atoms with Crippen molar-refractivity contribution in [2.75, 3.05) is 0 Å². The van der Waals surface area contributed by atoms with E-state index in [1.807, 2.05) is 24.3 Å². The van der Waals surface area contributed by atoms with Gasteiger partial charge in [0.2, 0.25) is 0 Å². The standard InChI is InChI=1S/C9H6N4O/c14-9-11-8-7(12-13-9)5-3-1-2-4-6(5)10-8/h1-4H,(H2,10,11,13,14). The van der Waals surface area contributed by atoms with Gasteiger partial charge in [-0.15, -0.1) is 0 Å². The number of H-pyrrole nitrogens is 2. The van der Waals surface area contributed by atoms with Crippen molar-refractivity contribution in [3.8, 4) is 0 Å². The fraction of sp³-hybridized carbons (Fsp3) is 0. The molecule has 0 spiro atoms. The minimum absolute atomic E-state index is 0.441. The molecule has 3 rings (SSSR count). The second-order valence-corrected chi connectivity index (χ2v) is 3.01. The molecule has 0 aliphatic heterocycles. The summed E-state index contributed by atoms with van der Waals surface area (Å²) >= 11 is 0. The van der Waals surface area contributed by atoms with Crippen LogP contribution in [0.25, 0.3) is 22.1 Å². The Morgan fingerprint density at radius 2 is 2.07 bits per heavy atom. The summed E-state index contributed by atoms with van der Waals surface area (Å²) in [7, 11) is 0. The number of benzene rings is 1. The summed E-state index contributed by atoms with van der Waals surface area (Å²) in [5.41, 5.74) is 1.71. The van der Waals surface area contributed by atoms with Crippen LogP contribution in [-0.2, 0) is 0 Å². The minimum Gasteiger partial charge on any atom is -0.338 e. The van der Waals surface area contributed by atoms with Crippen molar-refractivity contribution in [2.45, 2.75) is 0 Å². The Kier molecular flexibility index (Phi) is 1.25. The number of hydrogen-bond acceptors (Lipinski definition) is 3. The van der Waals surface area contributed by atoms with E-state index in [4.69, 9.17) is 0 Å². The molecule has 0 radical (unpaired) electrons. The van der Waals surface area contributed by atoms with Crippen LogP contribution in [0.3, 0.4) is 0 Å². The molecule has 2 heterocycles. The molecule has 68 valence electrons. The average Bonchev–Trinajstić information content (AvgIpc) is 2.54. The van der Waals surface area contributed by atoms with Crippen LogP contribution >= 0.6 is 0 Å². The number of nitrogens with zero attached hydrogens (tertiary/aromatic N) is 2. The molecule has 0 aliphatic rings. The van der Waals surface area contributed by atoms with E-state index in [-0.39, 0.29) is 0 Å². The number of fused-ring (bicyclic) bond motifs is 3. The van der Waals surface area contributed by atoms with Gasteiger partial charge in [0, 0.05) is 10.9 Å². The summed E-state index contributed by atoms with van der Waals surface area (Å²) in [6.07, 6.45) is 0. The van der Waals surface area contributed by atoms with Gasteiger partial charge in [0.1, 0.15) is 5.52 Å². The molecule has 0 bridgehead atoms. The summed E-state index contributed by atoms with van der Waals surface area (Å²) in [6, 6.07) is 7.69. The third-order valence-corrected chi connectivity index (χ3v) is 2.14. The topological polar surface area (TPSA) is 74.4 Å². The molecule has 0 aliphatic carbocycles. The SMILES string of the molecule is O=c1nc2[nH]c3ccccc3c2n[nH]1. The van der Waals surface area contributed by atoms with Crippen molar-refractivity contribution >= 4 is 22.1 Å². The predicted molar refractivity (Wildman–Crippen MR) is 52.0 cm³/mol. The Hall–Kier alpha value is -2.17. The first-order valence-corrected chi connectivity index (χ1v) is 4.18. The van der Waals surface area contributed by atoms with Crippen LogP contribution in [0.5, 0.6) is 0 Å². The van der Waals surface area contributed by atoms with Crippen LogP contribution in [0.1, 0.15) is 0 Å². The monoisotopic (exact) mass is 186 g/mol. The van der Waals surface area contributed by atoms with Crippen molar-refractivity contribution in [3.05, 3.63) is 34.7 Å². The fourth-order valence-electron chi connectivity index (χ4n) is 1.54. The minimum atomic E-state index is -0.441. The van der Waals surface area contributed by atoms with E-state index in [1.54, 1.807) is 0 Å². The lowest BCUT2D eigenvalue weighted by molar-refractivity contribution is 0.960. The smallest absolute Gasteiger partial charge is 0.338 e. The molecule has 0 atom stereocenters. The maximum atomic E-state index is 10.9. The number of rotatable bonds is 0. The van der Waals surface area contributed by atoms with Gasteiger partial charge in [0.15, 0.2) is 5.65 Å². The molecule has 2 aromatic heterocycles. The highest BCUT2D eigenvalue weighted by Crippen LogP contribution is 2.19. The second-order valence-electron chi connectivity index (χ2n) is 3.01.